The molecule has 1 fully saturated rings. The summed E-state index contributed by atoms with van der Waals surface area (Å²) in [6.45, 7) is 10.3. The summed E-state index contributed by atoms with van der Waals surface area (Å²) in [7, 11) is -3.82. The molecule has 2 amide bonds. The molecule has 1 atom stereocenters. The number of nitrogens with one attached hydrogen (secondary N) is 2. The molecule has 0 bridgehead atoms. The largest absolute Gasteiger partial charge is 0.352 e. The number of carbonyl (C=O) groups is 2. The van der Waals surface area contributed by atoms with E-state index in [1.54, 1.807) is 49.1 Å². The van der Waals surface area contributed by atoms with E-state index in [0.717, 1.165) is 18.4 Å². The highest BCUT2D eigenvalue weighted by atomic mass is 32.2. The fraction of sp³-hybridized carbons (Fsp3) is 0.360. The lowest BCUT2D eigenvalue weighted by Crippen LogP contribution is -2.45. The molecule has 0 aromatic heterocycles. The summed E-state index contributed by atoms with van der Waals surface area (Å²) < 4.78 is 28.8. The maximum atomic E-state index is 13.1. The third kappa shape index (κ3) is 5.82. The van der Waals surface area contributed by atoms with Gasteiger partial charge in [-0.25, -0.2) is 8.42 Å². The van der Waals surface area contributed by atoms with Crippen LogP contribution in [0.4, 0.5) is 5.69 Å². The van der Waals surface area contributed by atoms with E-state index >= 15 is 0 Å². The molecule has 2 aromatic carbocycles. The third-order valence-corrected chi connectivity index (χ3v) is 7.42. The van der Waals surface area contributed by atoms with Crippen LogP contribution in [0.25, 0.3) is 0 Å². The van der Waals surface area contributed by atoms with Crippen molar-refractivity contribution in [3.8, 4) is 0 Å². The highest BCUT2D eigenvalue weighted by Gasteiger charge is 2.29. The maximum Gasteiger partial charge on any atom is 0.262 e. The second-order valence-corrected chi connectivity index (χ2v) is 10.2. The van der Waals surface area contributed by atoms with Crippen molar-refractivity contribution in [2.45, 2.75) is 38.5 Å². The van der Waals surface area contributed by atoms with E-state index in [4.69, 9.17) is 0 Å². The average Bonchev–Trinajstić information content (AvgIpc) is 2.76. The van der Waals surface area contributed by atoms with Gasteiger partial charge in [0, 0.05) is 30.9 Å². The van der Waals surface area contributed by atoms with Crippen LogP contribution >= 0.6 is 0 Å². The summed E-state index contributed by atoms with van der Waals surface area (Å²) in [4.78, 5) is 27.3. The SMILES string of the molecule is C=CCNC(=O)[C@@H]1CCCN(C(=O)c2cccc(NS(=O)(=O)c3c(C)cc(C)cc3C)c2)C1. The molecule has 0 spiro atoms. The number of hydrogen-bond donors (Lipinski definition) is 2. The standard InChI is InChI=1S/C25H31N3O4S/c1-5-11-26-24(29)21-9-7-12-28(16-21)25(30)20-8-6-10-22(15-20)27-33(31,32)23-18(3)13-17(2)14-19(23)4/h5-6,8,10,13-15,21,27H,1,7,9,11-12,16H2,2-4H3,(H,26,29)/t21-/m1/s1. The van der Waals surface area contributed by atoms with Gasteiger partial charge in [0.25, 0.3) is 15.9 Å². The van der Waals surface area contributed by atoms with Gasteiger partial charge in [-0.05, 0) is 62.9 Å². The Morgan fingerprint density at radius 3 is 2.52 bits per heavy atom. The number of hydrogen-bond acceptors (Lipinski definition) is 4. The first-order valence-corrected chi connectivity index (χ1v) is 12.5. The van der Waals surface area contributed by atoms with Crippen LogP contribution in [-0.2, 0) is 14.8 Å². The molecule has 0 aliphatic carbocycles. The van der Waals surface area contributed by atoms with E-state index in [9.17, 15) is 18.0 Å². The zero-order valence-electron chi connectivity index (χ0n) is 19.3. The Morgan fingerprint density at radius 2 is 1.85 bits per heavy atom. The highest BCUT2D eigenvalue weighted by Crippen LogP contribution is 2.25. The molecule has 1 aliphatic rings. The van der Waals surface area contributed by atoms with Crippen molar-refractivity contribution < 1.29 is 18.0 Å². The Hall–Kier alpha value is -3.13. The Bertz CT molecular complexity index is 1150. The van der Waals surface area contributed by atoms with E-state index in [2.05, 4.69) is 16.6 Å². The van der Waals surface area contributed by atoms with Gasteiger partial charge in [-0.2, -0.15) is 0 Å². The molecule has 1 aliphatic heterocycles. The number of benzene rings is 2. The van der Waals surface area contributed by atoms with Crippen molar-refractivity contribution in [3.05, 3.63) is 71.3 Å². The summed E-state index contributed by atoms with van der Waals surface area (Å²) in [6, 6.07) is 10.1. The molecule has 8 heteroatoms. The lowest BCUT2D eigenvalue weighted by atomic mass is 9.96. The van der Waals surface area contributed by atoms with Gasteiger partial charge in [0.15, 0.2) is 0 Å². The molecular formula is C25H31N3O4S. The van der Waals surface area contributed by atoms with Crippen LogP contribution in [0, 0.1) is 26.7 Å². The molecule has 0 saturated carbocycles. The van der Waals surface area contributed by atoms with Crippen molar-refractivity contribution in [2.24, 2.45) is 5.92 Å². The summed E-state index contributed by atoms with van der Waals surface area (Å²) in [6.07, 6.45) is 3.08. The molecule has 1 saturated heterocycles. The zero-order valence-corrected chi connectivity index (χ0v) is 20.2. The quantitative estimate of drug-likeness (QED) is 0.606. The summed E-state index contributed by atoms with van der Waals surface area (Å²) in [5.74, 6) is -0.575. The number of carbonyl (C=O) groups excluding carboxylic acids is 2. The first kappa shape index (κ1) is 24.5. The fourth-order valence-corrected chi connectivity index (χ4v) is 5.89. The Balaban J connectivity index is 1.77. The van der Waals surface area contributed by atoms with Crippen molar-refractivity contribution >= 4 is 27.5 Å². The van der Waals surface area contributed by atoms with Crippen LogP contribution in [-0.4, -0.2) is 44.8 Å². The highest BCUT2D eigenvalue weighted by molar-refractivity contribution is 7.92. The molecule has 0 radical (unpaired) electrons. The van der Waals surface area contributed by atoms with E-state index in [1.165, 1.54) is 0 Å². The van der Waals surface area contributed by atoms with Crippen LogP contribution in [0.1, 0.15) is 39.9 Å². The first-order valence-electron chi connectivity index (χ1n) is 11.0. The molecule has 3 rings (SSSR count). The minimum atomic E-state index is -3.82. The van der Waals surface area contributed by atoms with Gasteiger partial charge in [-0.15, -0.1) is 6.58 Å². The van der Waals surface area contributed by atoms with Gasteiger partial charge in [0.1, 0.15) is 0 Å². The van der Waals surface area contributed by atoms with Crippen molar-refractivity contribution in [3.63, 3.8) is 0 Å². The number of aryl methyl sites for hydroxylation is 3. The number of piperidine rings is 1. The smallest absolute Gasteiger partial charge is 0.262 e. The van der Waals surface area contributed by atoms with Gasteiger partial charge in [-0.1, -0.05) is 29.8 Å². The maximum absolute atomic E-state index is 13.1. The van der Waals surface area contributed by atoms with Gasteiger partial charge in [0.2, 0.25) is 5.91 Å². The molecular weight excluding hydrogens is 438 g/mol. The lowest BCUT2D eigenvalue weighted by Gasteiger charge is -2.32. The van der Waals surface area contributed by atoms with Gasteiger partial charge >= 0.3 is 0 Å². The van der Waals surface area contributed by atoms with Crippen molar-refractivity contribution in [1.29, 1.82) is 0 Å². The number of nitrogens with zero attached hydrogens (tertiary/aromatic N) is 1. The zero-order chi connectivity index (χ0) is 24.2. The Morgan fingerprint density at radius 1 is 1.15 bits per heavy atom. The predicted molar refractivity (Wildman–Crippen MR) is 130 cm³/mol. The molecule has 1 heterocycles. The Labute approximate surface area is 195 Å². The van der Waals surface area contributed by atoms with Crippen LogP contribution < -0.4 is 10.0 Å². The summed E-state index contributed by atoms with van der Waals surface area (Å²) in [5.41, 5.74) is 3.02. The second kappa shape index (κ2) is 10.2. The molecule has 33 heavy (non-hydrogen) atoms. The number of amides is 2. The molecule has 7 nitrogen and oxygen atoms in total. The van der Waals surface area contributed by atoms with E-state index < -0.39 is 10.0 Å². The van der Waals surface area contributed by atoms with E-state index in [0.29, 0.717) is 42.0 Å². The predicted octanol–water partition coefficient (Wildman–Crippen LogP) is 3.57. The normalized spacial score (nSPS) is 16.2. The molecule has 0 unspecified atom stereocenters. The summed E-state index contributed by atoms with van der Waals surface area (Å²) >= 11 is 0. The fourth-order valence-electron chi connectivity index (χ4n) is 4.39. The number of anilines is 1. The molecule has 2 aromatic rings. The van der Waals surface area contributed by atoms with Crippen LogP contribution in [0.2, 0.25) is 0 Å². The van der Waals surface area contributed by atoms with E-state index in [1.807, 2.05) is 19.1 Å². The van der Waals surface area contributed by atoms with Crippen LogP contribution in [0.15, 0.2) is 53.9 Å². The van der Waals surface area contributed by atoms with Gasteiger partial charge < -0.3 is 10.2 Å². The number of sulfonamides is 1. The van der Waals surface area contributed by atoms with Crippen LogP contribution in [0.5, 0.6) is 0 Å². The van der Waals surface area contributed by atoms with E-state index in [-0.39, 0.29) is 22.6 Å². The average molecular weight is 470 g/mol. The number of rotatable bonds is 7. The molecule has 2 N–H and O–H groups in total. The number of likely N-dealkylation sites (tertiary alicyclic amines) is 1. The van der Waals surface area contributed by atoms with Crippen LogP contribution in [0.3, 0.4) is 0 Å². The third-order valence-electron chi connectivity index (χ3n) is 5.74. The first-order chi connectivity index (χ1) is 15.6. The lowest BCUT2D eigenvalue weighted by molar-refractivity contribution is -0.126. The topological polar surface area (TPSA) is 95.6 Å². The van der Waals surface area contributed by atoms with Gasteiger partial charge in [0.05, 0.1) is 10.8 Å². The van der Waals surface area contributed by atoms with Crippen molar-refractivity contribution in [1.82, 2.24) is 10.2 Å². The summed E-state index contributed by atoms with van der Waals surface area (Å²) in [5, 5.41) is 2.79. The van der Waals surface area contributed by atoms with Gasteiger partial charge in [-0.3, -0.25) is 14.3 Å². The minimum Gasteiger partial charge on any atom is -0.352 e. The molecule has 176 valence electrons. The monoisotopic (exact) mass is 469 g/mol. The Kier molecular flexibility index (Phi) is 7.58. The second-order valence-electron chi connectivity index (χ2n) is 8.54. The minimum absolute atomic E-state index is 0.0854. The van der Waals surface area contributed by atoms with Crippen molar-refractivity contribution in [2.75, 3.05) is 24.4 Å².